The average Bonchev–Trinajstić information content (AvgIpc) is 2.62. The predicted molar refractivity (Wildman–Crippen MR) is 53.6 cm³/mol. The molecule has 0 aliphatic rings. The van der Waals surface area contributed by atoms with E-state index in [1.165, 1.54) is 6.07 Å². The molecule has 0 bridgehead atoms. The van der Waals surface area contributed by atoms with E-state index in [9.17, 15) is 4.39 Å². The van der Waals surface area contributed by atoms with Gasteiger partial charge in [-0.1, -0.05) is 6.92 Å². The Balaban J connectivity index is 2.58. The van der Waals surface area contributed by atoms with Crippen LogP contribution in [-0.2, 0) is 0 Å². The molecule has 0 spiro atoms. The van der Waals surface area contributed by atoms with Crippen LogP contribution in [0.25, 0.3) is 11.0 Å². The van der Waals surface area contributed by atoms with Gasteiger partial charge in [-0.2, -0.15) is 0 Å². The Kier molecular flexibility index (Phi) is 2.25. The molecule has 0 aliphatic carbocycles. The van der Waals surface area contributed by atoms with Crippen LogP contribution >= 0.6 is 0 Å². The second-order valence-electron chi connectivity index (χ2n) is 3.47. The van der Waals surface area contributed by atoms with Crippen molar-refractivity contribution in [3.05, 3.63) is 35.8 Å². The summed E-state index contributed by atoms with van der Waals surface area (Å²) in [6, 6.07) is 5.03. The Hall–Kier alpha value is -1.35. The van der Waals surface area contributed by atoms with Crippen LogP contribution < -0.4 is 5.73 Å². The molecular formula is C11H12FNO. The van der Waals surface area contributed by atoms with E-state index in [4.69, 9.17) is 10.2 Å². The predicted octanol–water partition coefficient (Wildman–Crippen LogP) is 2.63. The summed E-state index contributed by atoms with van der Waals surface area (Å²) < 4.78 is 18.6. The van der Waals surface area contributed by atoms with Gasteiger partial charge in [0.2, 0.25) is 0 Å². The molecule has 1 atom stereocenters. The zero-order chi connectivity index (χ0) is 10.1. The first-order valence-corrected chi connectivity index (χ1v) is 4.59. The van der Waals surface area contributed by atoms with Crippen molar-refractivity contribution >= 4 is 11.0 Å². The number of rotatable bonds is 2. The number of hydrogen-bond donors (Lipinski definition) is 1. The smallest absolute Gasteiger partial charge is 0.136 e. The zero-order valence-corrected chi connectivity index (χ0v) is 7.96. The molecule has 2 nitrogen and oxygen atoms in total. The van der Waals surface area contributed by atoms with Crippen molar-refractivity contribution in [2.24, 2.45) is 5.73 Å². The summed E-state index contributed by atoms with van der Waals surface area (Å²) in [6.45, 7) is 2.35. The molecule has 1 heterocycles. The van der Waals surface area contributed by atoms with E-state index < -0.39 is 0 Å². The SMILES string of the molecule is CC(CN)c1cc2ccoc2cc1F. The molecular weight excluding hydrogens is 181 g/mol. The maximum absolute atomic E-state index is 13.5. The van der Waals surface area contributed by atoms with E-state index in [1.807, 2.05) is 13.0 Å². The van der Waals surface area contributed by atoms with Gasteiger partial charge in [-0.15, -0.1) is 0 Å². The summed E-state index contributed by atoms with van der Waals surface area (Å²) >= 11 is 0. The third kappa shape index (κ3) is 1.40. The molecule has 1 aromatic carbocycles. The minimum Gasteiger partial charge on any atom is -0.464 e. The fourth-order valence-corrected chi connectivity index (χ4v) is 1.51. The summed E-state index contributed by atoms with van der Waals surface area (Å²) in [5, 5.41) is 0.918. The quantitative estimate of drug-likeness (QED) is 0.796. The van der Waals surface area contributed by atoms with E-state index in [2.05, 4.69) is 0 Å². The molecule has 3 heteroatoms. The Morgan fingerprint density at radius 3 is 3.00 bits per heavy atom. The van der Waals surface area contributed by atoms with Crippen LogP contribution in [-0.4, -0.2) is 6.54 Å². The molecule has 74 valence electrons. The van der Waals surface area contributed by atoms with Crippen molar-refractivity contribution in [2.45, 2.75) is 12.8 Å². The molecule has 0 aliphatic heterocycles. The molecule has 0 radical (unpaired) electrons. The molecule has 1 unspecified atom stereocenters. The molecule has 0 saturated heterocycles. The fourth-order valence-electron chi connectivity index (χ4n) is 1.51. The molecule has 14 heavy (non-hydrogen) atoms. The van der Waals surface area contributed by atoms with Gasteiger partial charge in [-0.3, -0.25) is 0 Å². The minimum atomic E-state index is -0.245. The van der Waals surface area contributed by atoms with Crippen LogP contribution in [0.15, 0.2) is 28.9 Å². The highest BCUT2D eigenvalue weighted by Crippen LogP contribution is 2.24. The monoisotopic (exact) mass is 193 g/mol. The summed E-state index contributed by atoms with van der Waals surface area (Å²) in [6.07, 6.45) is 1.56. The number of hydrogen-bond acceptors (Lipinski definition) is 2. The van der Waals surface area contributed by atoms with Gasteiger partial charge in [-0.25, -0.2) is 4.39 Å². The van der Waals surface area contributed by atoms with Crippen molar-refractivity contribution in [3.8, 4) is 0 Å². The van der Waals surface area contributed by atoms with Gasteiger partial charge in [0.05, 0.1) is 6.26 Å². The first-order chi connectivity index (χ1) is 6.72. The van der Waals surface area contributed by atoms with Crippen LogP contribution in [0.3, 0.4) is 0 Å². The van der Waals surface area contributed by atoms with Crippen molar-refractivity contribution in [1.29, 1.82) is 0 Å². The molecule has 1 aromatic heterocycles. The Morgan fingerprint density at radius 2 is 2.29 bits per heavy atom. The second kappa shape index (κ2) is 3.42. The van der Waals surface area contributed by atoms with Crippen LogP contribution in [0.2, 0.25) is 0 Å². The lowest BCUT2D eigenvalue weighted by Crippen LogP contribution is -2.10. The number of benzene rings is 1. The highest BCUT2D eigenvalue weighted by molar-refractivity contribution is 5.78. The maximum atomic E-state index is 13.5. The van der Waals surface area contributed by atoms with E-state index in [0.717, 1.165) is 5.39 Å². The van der Waals surface area contributed by atoms with Crippen molar-refractivity contribution < 1.29 is 8.81 Å². The fraction of sp³-hybridized carbons (Fsp3) is 0.273. The molecule has 0 fully saturated rings. The number of furan rings is 1. The van der Waals surface area contributed by atoms with E-state index in [1.54, 1.807) is 12.3 Å². The standard InChI is InChI=1S/C11H12FNO/c1-7(6-13)9-4-8-2-3-14-11(8)5-10(9)12/h2-5,7H,6,13H2,1H3. The van der Waals surface area contributed by atoms with Gasteiger partial charge in [0.25, 0.3) is 0 Å². The van der Waals surface area contributed by atoms with Gasteiger partial charge in [0.1, 0.15) is 11.4 Å². The number of fused-ring (bicyclic) bond motifs is 1. The third-order valence-corrected chi connectivity index (χ3v) is 2.46. The Morgan fingerprint density at radius 1 is 1.50 bits per heavy atom. The second-order valence-corrected chi connectivity index (χ2v) is 3.47. The Labute approximate surface area is 81.5 Å². The highest BCUT2D eigenvalue weighted by Gasteiger charge is 2.11. The van der Waals surface area contributed by atoms with E-state index in [0.29, 0.717) is 17.7 Å². The highest BCUT2D eigenvalue weighted by atomic mass is 19.1. The van der Waals surface area contributed by atoms with Crippen LogP contribution in [0.1, 0.15) is 18.4 Å². The van der Waals surface area contributed by atoms with Crippen molar-refractivity contribution in [3.63, 3.8) is 0 Å². The minimum absolute atomic E-state index is 0.0364. The molecule has 2 N–H and O–H groups in total. The van der Waals surface area contributed by atoms with Crippen LogP contribution in [0.5, 0.6) is 0 Å². The Bertz CT molecular complexity index is 449. The molecule has 2 rings (SSSR count). The van der Waals surface area contributed by atoms with Gasteiger partial charge in [0.15, 0.2) is 0 Å². The third-order valence-electron chi connectivity index (χ3n) is 2.46. The summed E-state index contributed by atoms with van der Waals surface area (Å²) in [5.74, 6) is -0.209. The summed E-state index contributed by atoms with van der Waals surface area (Å²) in [7, 11) is 0. The van der Waals surface area contributed by atoms with E-state index in [-0.39, 0.29) is 11.7 Å². The summed E-state index contributed by atoms with van der Waals surface area (Å²) in [4.78, 5) is 0. The van der Waals surface area contributed by atoms with Gasteiger partial charge in [-0.05, 0) is 30.2 Å². The first-order valence-electron chi connectivity index (χ1n) is 4.59. The zero-order valence-electron chi connectivity index (χ0n) is 7.96. The normalized spacial score (nSPS) is 13.4. The van der Waals surface area contributed by atoms with Crippen LogP contribution in [0.4, 0.5) is 4.39 Å². The molecule has 0 amide bonds. The lowest BCUT2D eigenvalue weighted by atomic mass is 9.99. The number of nitrogens with two attached hydrogens (primary N) is 1. The van der Waals surface area contributed by atoms with Gasteiger partial charge < -0.3 is 10.2 Å². The lowest BCUT2D eigenvalue weighted by Gasteiger charge is -2.09. The van der Waals surface area contributed by atoms with Crippen molar-refractivity contribution in [1.82, 2.24) is 0 Å². The topological polar surface area (TPSA) is 39.2 Å². The van der Waals surface area contributed by atoms with Gasteiger partial charge in [0, 0.05) is 11.5 Å². The lowest BCUT2D eigenvalue weighted by molar-refractivity contribution is 0.579. The van der Waals surface area contributed by atoms with Gasteiger partial charge >= 0.3 is 0 Å². The average molecular weight is 193 g/mol. The molecule has 2 aromatic rings. The van der Waals surface area contributed by atoms with Crippen LogP contribution in [0, 0.1) is 5.82 Å². The number of halogens is 1. The van der Waals surface area contributed by atoms with Crippen molar-refractivity contribution in [2.75, 3.05) is 6.54 Å². The molecule has 0 saturated carbocycles. The maximum Gasteiger partial charge on any atom is 0.136 e. The summed E-state index contributed by atoms with van der Waals surface area (Å²) in [5.41, 5.74) is 6.74. The largest absolute Gasteiger partial charge is 0.464 e. The first kappa shape index (κ1) is 9.21. The van der Waals surface area contributed by atoms with E-state index >= 15 is 0 Å².